The van der Waals surface area contributed by atoms with E-state index in [2.05, 4.69) is 16.3 Å². The van der Waals surface area contributed by atoms with Gasteiger partial charge in [0.15, 0.2) is 0 Å². The van der Waals surface area contributed by atoms with Crippen molar-refractivity contribution in [3.05, 3.63) is 28.8 Å². The molecule has 1 aliphatic rings. The molecule has 0 aromatic heterocycles. The highest BCUT2D eigenvalue weighted by atomic mass is 35.5. The van der Waals surface area contributed by atoms with Gasteiger partial charge in [0.05, 0.1) is 10.6 Å². The molecule has 0 radical (unpaired) electrons. The van der Waals surface area contributed by atoms with Crippen LogP contribution in [0.1, 0.15) is 32.3 Å². The third kappa shape index (κ3) is 3.89. The SMILES string of the molecule is CCNC(=O)C(C)N(CC1CC1)c1ccc(C#N)c(Cl)c1. The molecular weight excluding hydrogens is 286 g/mol. The summed E-state index contributed by atoms with van der Waals surface area (Å²) in [6.07, 6.45) is 2.42. The van der Waals surface area contributed by atoms with Crippen molar-refractivity contribution < 1.29 is 4.79 Å². The maximum absolute atomic E-state index is 12.1. The number of rotatable bonds is 6. The minimum Gasteiger partial charge on any atom is -0.359 e. The molecule has 1 fully saturated rings. The summed E-state index contributed by atoms with van der Waals surface area (Å²) in [5.74, 6) is 0.662. The smallest absolute Gasteiger partial charge is 0.242 e. The van der Waals surface area contributed by atoms with Gasteiger partial charge in [-0.1, -0.05) is 11.6 Å². The normalized spacial score (nSPS) is 15.1. The lowest BCUT2D eigenvalue weighted by Gasteiger charge is -2.30. The van der Waals surface area contributed by atoms with Gasteiger partial charge in [0.1, 0.15) is 12.1 Å². The van der Waals surface area contributed by atoms with Gasteiger partial charge in [0.2, 0.25) is 5.91 Å². The highest BCUT2D eigenvalue weighted by molar-refractivity contribution is 6.32. The van der Waals surface area contributed by atoms with Crippen molar-refractivity contribution in [2.45, 2.75) is 32.7 Å². The first-order valence-electron chi connectivity index (χ1n) is 7.30. The molecule has 0 bridgehead atoms. The van der Waals surface area contributed by atoms with Crippen molar-refractivity contribution in [1.29, 1.82) is 5.26 Å². The maximum atomic E-state index is 12.1. The van der Waals surface area contributed by atoms with Gasteiger partial charge >= 0.3 is 0 Å². The number of halogens is 1. The lowest BCUT2D eigenvalue weighted by molar-refractivity contribution is -0.121. The number of anilines is 1. The summed E-state index contributed by atoms with van der Waals surface area (Å²) in [7, 11) is 0. The monoisotopic (exact) mass is 305 g/mol. The summed E-state index contributed by atoms with van der Waals surface area (Å²) in [4.78, 5) is 14.2. The van der Waals surface area contributed by atoms with Crippen LogP contribution >= 0.6 is 11.6 Å². The van der Waals surface area contributed by atoms with E-state index in [0.717, 1.165) is 12.2 Å². The summed E-state index contributed by atoms with van der Waals surface area (Å²) in [6, 6.07) is 7.15. The minimum absolute atomic E-state index is 0.0126. The number of hydrogen-bond acceptors (Lipinski definition) is 3. The van der Waals surface area contributed by atoms with E-state index in [1.807, 2.05) is 19.9 Å². The molecular formula is C16H20ClN3O. The highest BCUT2D eigenvalue weighted by Crippen LogP contribution is 2.33. The Hall–Kier alpha value is -1.73. The van der Waals surface area contributed by atoms with Gasteiger partial charge in [-0.2, -0.15) is 5.26 Å². The summed E-state index contributed by atoms with van der Waals surface area (Å²) >= 11 is 6.12. The molecule has 1 saturated carbocycles. The number of amides is 1. The van der Waals surface area contributed by atoms with E-state index in [9.17, 15) is 4.79 Å². The Labute approximate surface area is 130 Å². The molecule has 1 N–H and O–H groups in total. The fourth-order valence-corrected chi connectivity index (χ4v) is 2.52. The summed E-state index contributed by atoms with van der Waals surface area (Å²) in [6.45, 7) is 5.28. The minimum atomic E-state index is -0.255. The number of nitrogens with one attached hydrogen (secondary N) is 1. The number of carbonyl (C=O) groups is 1. The van der Waals surface area contributed by atoms with E-state index < -0.39 is 0 Å². The second kappa shape index (κ2) is 6.82. The second-order valence-electron chi connectivity index (χ2n) is 5.44. The first-order chi connectivity index (χ1) is 10.1. The van der Waals surface area contributed by atoms with Crippen LogP contribution in [0, 0.1) is 17.2 Å². The molecule has 1 unspecified atom stereocenters. The van der Waals surface area contributed by atoms with Crippen LogP contribution < -0.4 is 10.2 Å². The Morgan fingerprint density at radius 2 is 2.29 bits per heavy atom. The zero-order chi connectivity index (χ0) is 15.4. The van der Waals surface area contributed by atoms with Crippen molar-refractivity contribution in [2.75, 3.05) is 18.0 Å². The molecule has 0 spiro atoms. The van der Waals surface area contributed by atoms with Crippen LogP contribution in [-0.2, 0) is 4.79 Å². The summed E-state index contributed by atoms with van der Waals surface area (Å²) in [5, 5.41) is 12.2. The van der Waals surface area contributed by atoms with E-state index in [-0.39, 0.29) is 11.9 Å². The number of nitriles is 1. The van der Waals surface area contributed by atoms with E-state index in [4.69, 9.17) is 16.9 Å². The van der Waals surface area contributed by atoms with Crippen molar-refractivity contribution in [3.8, 4) is 6.07 Å². The standard InChI is InChI=1S/C16H20ClN3O/c1-3-19-16(21)11(2)20(10-12-4-5-12)14-7-6-13(9-18)15(17)8-14/h6-8,11-12H,3-5,10H2,1-2H3,(H,19,21). The lowest BCUT2D eigenvalue weighted by Crippen LogP contribution is -2.46. The van der Waals surface area contributed by atoms with Gasteiger partial charge in [-0.3, -0.25) is 4.79 Å². The lowest BCUT2D eigenvalue weighted by atomic mass is 10.1. The predicted molar refractivity (Wildman–Crippen MR) is 84.4 cm³/mol. The molecule has 1 aliphatic carbocycles. The van der Waals surface area contributed by atoms with Gasteiger partial charge in [0.25, 0.3) is 0 Å². The predicted octanol–water partition coefficient (Wildman–Crippen LogP) is 2.95. The Balaban J connectivity index is 2.24. The molecule has 0 aliphatic heterocycles. The quantitative estimate of drug-likeness (QED) is 0.879. The van der Waals surface area contributed by atoms with Gasteiger partial charge < -0.3 is 10.2 Å². The second-order valence-corrected chi connectivity index (χ2v) is 5.85. The average Bonchev–Trinajstić information content (AvgIpc) is 3.28. The molecule has 21 heavy (non-hydrogen) atoms. The van der Waals surface area contributed by atoms with Gasteiger partial charge in [-0.05, 0) is 50.8 Å². The van der Waals surface area contributed by atoms with Crippen LogP contribution in [-0.4, -0.2) is 25.0 Å². The topological polar surface area (TPSA) is 56.1 Å². The van der Waals surface area contributed by atoms with E-state index >= 15 is 0 Å². The summed E-state index contributed by atoms with van der Waals surface area (Å²) in [5.41, 5.74) is 1.35. The number of likely N-dealkylation sites (N-methyl/N-ethyl adjacent to an activating group) is 1. The third-order valence-corrected chi connectivity index (χ3v) is 4.07. The Kier molecular flexibility index (Phi) is 5.08. The molecule has 5 heteroatoms. The molecule has 0 saturated heterocycles. The van der Waals surface area contributed by atoms with E-state index in [1.54, 1.807) is 12.1 Å². The number of benzene rings is 1. The first-order valence-corrected chi connectivity index (χ1v) is 7.68. The molecule has 1 atom stereocenters. The fourth-order valence-electron chi connectivity index (χ4n) is 2.30. The van der Waals surface area contributed by atoms with Crippen LogP contribution in [0.5, 0.6) is 0 Å². The number of nitrogens with zero attached hydrogens (tertiary/aromatic N) is 2. The Morgan fingerprint density at radius 3 is 2.81 bits per heavy atom. The third-order valence-electron chi connectivity index (χ3n) is 3.75. The molecule has 4 nitrogen and oxygen atoms in total. The van der Waals surface area contributed by atoms with E-state index in [0.29, 0.717) is 23.0 Å². The number of carbonyl (C=O) groups excluding carboxylic acids is 1. The van der Waals surface area contributed by atoms with Crippen molar-refractivity contribution >= 4 is 23.2 Å². The van der Waals surface area contributed by atoms with Crippen molar-refractivity contribution in [2.24, 2.45) is 5.92 Å². The molecule has 1 amide bonds. The highest BCUT2D eigenvalue weighted by Gasteiger charge is 2.29. The summed E-state index contributed by atoms with van der Waals surface area (Å²) < 4.78 is 0. The zero-order valence-corrected chi connectivity index (χ0v) is 13.2. The first kappa shape index (κ1) is 15.7. The van der Waals surface area contributed by atoms with Crippen LogP contribution in [0.3, 0.4) is 0 Å². The average molecular weight is 306 g/mol. The van der Waals surface area contributed by atoms with Crippen LogP contribution in [0.2, 0.25) is 5.02 Å². The van der Waals surface area contributed by atoms with Crippen molar-refractivity contribution in [3.63, 3.8) is 0 Å². The maximum Gasteiger partial charge on any atom is 0.242 e. The van der Waals surface area contributed by atoms with Crippen LogP contribution in [0.4, 0.5) is 5.69 Å². The van der Waals surface area contributed by atoms with Crippen LogP contribution in [0.15, 0.2) is 18.2 Å². The zero-order valence-electron chi connectivity index (χ0n) is 12.4. The molecule has 1 aromatic carbocycles. The largest absolute Gasteiger partial charge is 0.359 e. The van der Waals surface area contributed by atoms with Gasteiger partial charge in [-0.15, -0.1) is 0 Å². The number of hydrogen-bond donors (Lipinski definition) is 1. The van der Waals surface area contributed by atoms with E-state index in [1.165, 1.54) is 12.8 Å². The molecule has 0 heterocycles. The van der Waals surface area contributed by atoms with Crippen molar-refractivity contribution in [1.82, 2.24) is 5.32 Å². The molecule has 2 rings (SSSR count). The van der Waals surface area contributed by atoms with Gasteiger partial charge in [0, 0.05) is 18.8 Å². The van der Waals surface area contributed by atoms with Gasteiger partial charge in [-0.25, -0.2) is 0 Å². The fraction of sp³-hybridized carbons (Fsp3) is 0.500. The molecule has 1 aromatic rings. The van der Waals surface area contributed by atoms with Crippen LogP contribution in [0.25, 0.3) is 0 Å². The Bertz CT molecular complexity index is 563. The molecule has 112 valence electrons. The Morgan fingerprint density at radius 1 is 1.57 bits per heavy atom.